The van der Waals surface area contributed by atoms with E-state index in [9.17, 15) is 18.0 Å². The second kappa shape index (κ2) is 11.2. The second-order valence-electron chi connectivity index (χ2n) is 7.09. The molecule has 0 fully saturated rings. The van der Waals surface area contributed by atoms with Gasteiger partial charge in [0.05, 0.1) is 33.4 Å². The molecule has 1 amide bonds. The van der Waals surface area contributed by atoms with Crippen molar-refractivity contribution in [1.82, 2.24) is 10.3 Å². The van der Waals surface area contributed by atoms with Gasteiger partial charge in [0.1, 0.15) is 0 Å². The molecular weight excluding hydrogens is 465 g/mol. The summed E-state index contributed by atoms with van der Waals surface area (Å²) >= 11 is 0. The average molecular weight is 488 g/mol. The summed E-state index contributed by atoms with van der Waals surface area (Å²) in [4.78, 5) is 21.3. The maximum atomic E-state index is 13.1. The van der Waals surface area contributed by atoms with Crippen molar-refractivity contribution in [3.8, 4) is 17.2 Å². The van der Waals surface area contributed by atoms with Gasteiger partial charge in [-0.1, -0.05) is 6.07 Å². The fourth-order valence-corrected chi connectivity index (χ4v) is 3.07. The molecule has 2 aromatic carbocycles. The second-order valence-corrected chi connectivity index (χ2v) is 7.09. The zero-order valence-corrected chi connectivity index (χ0v) is 19.1. The third-order valence-corrected chi connectivity index (χ3v) is 4.78. The minimum Gasteiger partial charge on any atom is -0.493 e. The van der Waals surface area contributed by atoms with Gasteiger partial charge in [-0.05, 0) is 48.0 Å². The summed E-state index contributed by atoms with van der Waals surface area (Å²) in [5.41, 5.74) is 0.192. The van der Waals surface area contributed by atoms with Gasteiger partial charge in [-0.2, -0.15) is 13.2 Å². The number of nitrogens with one attached hydrogen (secondary N) is 2. The molecule has 0 spiro atoms. The number of carbonyl (C=O) groups excluding carboxylic acids is 1. The molecule has 0 saturated carbocycles. The Labute approximate surface area is 199 Å². The number of rotatable bonds is 7. The number of hydrogen-bond acceptors (Lipinski definition) is 6. The van der Waals surface area contributed by atoms with Crippen LogP contribution in [0.1, 0.15) is 21.5 Å². The molecule has 0 unspecified atom stereocenters. The minimum absolute atomic E-state index is 0.0557. The molecular formula is C24H23F3N4O4. The number of pyridine rings is 1. The number of amides is 1. The lowest BCUT2D eigenvalue weighted by molar-refractivity contribution is -0.137. The lowest BCUT2D eigenvalue weighted by atomic mass is 10.1. The maximum Gasteiger partial charge on any atom is 0.416 e. The molecule has 35 heavy (non-hydrogen) atoms. The molecule has 1 heterocycles. The third-order valence-electron chi connectivity index (χ3n) is 4.78. The number of ether oxygens (including phenoxy) is 3. The summed E-state index contributed by atoms with van der Waals surface area (Å²) in [6, 6.07) is 10.9. The Morgan fingerprint density at radius 3 is 2.20 bits per heavy atom. The molecule has 0 radical (unpaired) electrons. The van der Waals surface area contributed by atoms with Gasteiger partial charge in [0.2, 0.25) is 11.7 Å². The van der Waals surface area contributed by atoms with Crippen molar-refractivity contribution in [3.05, 3.63) is 77.6 Å². The smallest absolute Gasteiger partial charge is 0.416 e. The van der Waals surface area contributed by atoms with Crippen molar-refractivity contribution < 1.29 is 32.2 Å². The monoisotopic (exact) mass is 488 g/mol. The molecule has 3 rings (SSSR count). The highest BCUT2D eigenvalue weighted by molar-refractivity contribution is 6.10. The fraction of sp³-hybridized carbons (Fsp3) is 0.208. The van der Waals surface area contributed by atoms with E-state index in [4.69, 9.17) is 14.2 Å². The number of guanidine groups is 1. The Morgan fingerprint density at radius 2 is 1.63 bits per heavy atom. The molecule has 0 bridgehead atoms. The maximum absolute atomic E-state index is 13.1. The highest BCUT2D eigenvalue weighted by Gasteiger charge is 2.30. The predicted octanol–water partition coefficient (Wildman–Crippen LogP) is 4.52. The highest BCUT2D eigenvalue weighted by Crippen LogP contribution is 2.38. The first kappa shape index (κ1) is 25.3. The molecule has 0 aliphatic carbocycles. The molecule has 0 aliphatic rings. The lowest BCUT2D eigenvalue weighted by Crippen LogP contribution is -2.36. The van der Waals surface area contributed by atoms with Gasteiger partial charge in [0.15, 0.2) is 11.5 Å². The van der Waals surface area contributed by atoms with Crippen LogP contribution in [0.5, 0.6) is 17.2 Å². The zero-order valence-electron chi connectivity index (χ0n) is 19.1. The van der Waals surface area contributed by atoms with Crippen molar-refractivity contribution in [3.63, 3.8) is 0 Å². The van der Waals surface area contributed by atoms with Gasteiger partial charge in [-0.3, -0.25) is 15.1 Å². The van der Waals surface area contributed by atoms with Crippen LogP contribution in [0, 0.1) is 0 Å². The van der Waals surface area contributed by atoms with Crippen molar-refractivity contribution in [1.29, 1.82) is 0 Å². The van der Waals surface area contributed by atoms with Gasteiger partial charge in [-0.25, -0.2) is 4.99 Å². The van der Waals surface area contributed by atoms with Crippen LogP contribution >= 0.6 is 0 Å². The van der Waals surface area contributed by atoms with Gasteiger partial charge < -0.3 is 19.5 Å². The van der Waals surface area contributed by atoms with Crippen LogP contribution in [0.25, 0.3) is 0 Å². The first-order valence-corrected chi connectivity index (χ1v) is 10.2. The van der Waals surface area contributed by atoms with E-state index < -0.39 is 17.6 Å². The number of carbonyl (C=O) groups is 1. The van der Waals surface area contributed by atoms with Crippen molar-refractivity contribution in [2.75, 3.05) is 26.6 Å². The van der Waals surface area contributed by atoms with Crippen molar-refractivity contribution in [2.24, 2.45) is 4.99 Å². The number of methoxy groups -OCH3 is 3. The normalized spacial score (nSPS) is 11.5. The van der Waals surface area contributed by atoms with Crippen LogP contribution in [0.2, 0.25) is 0 Å². The van der Waals surface area contributed by atoms with Gasteiger partial charge >= 0.3 is 6.18 Å². The molecule has 2 N–H and O–H groups in total. The number of anilines is 1. The summed E-state index contributed by atoms with van der Waals surface area (Å²) in [6.45, 7) is 0.138. The summed E-state index contributed by atoms with van der Waals surface area (Å²) in [7, 11) is 4.26. The van der Waals surface area contributed by atoms with Crippen LogP contribution < -0.4 is 24.8 Å². The number of alkyl halides is 3. The van der Waals surface area contributed by atoms with Crippen LogP contribution in [0.15, 0.2) is 65.9 Å². The highest BCUT2D eigenvalue weighted by atomic mass is 19.4. The number of halogens is 3. The minimum atomic E-state index is -4.52. The first-order valence-electron chi connectivity index (χ1n) is 10.2. The largest absolute Gasteiger partial charge is 0.493 e. The quantitative estimate of drug-likeness (QED) is 0.375. The Balaban J connectivity index is 1.92. The molecule has 0 saturated heterocycles. The summed E-state index contributed by atoms with van der Waals surface area (Å²) < 4.78 is 55.2. The number of hydrogen-bond donors (Lipinski definition) is 2. The number of aliphatic imine (C=N–C) groups is 1. The number of nitrogens with zero attached hydrogens (tertiary/aromatic N) is 2. The molecule has 0 atom stereocenters. The topological polar surface area (TPSA) is 94.1 Å². The third kappa shape index (κ3) is 6.62. The van der Waals surface area contributed by atoms with E-state index in [0.29, 0.717) is 5.75 Å². The van der Waals surface area contributed by atoms with Gasteiger partial charge in [0, 0.05) is 23.6 Å². The molecule has 8 nitrogen and oxygen atoms in total. The average Bonchev–Trinajstić information content (AvgIpc) is 2.86. The molecule has 11 heteroatoms. The molecule has 184 valence electrons. The first-order chi connectivity index (χ1) is 16.7. The van der Waals surface area contributed by atoms with Gasteiger partial charge in [0.25, 0.3) is 5.91 Å². The van der Waals surface area contributed by atoms with Crippen LogP contribution in [-0.2, 0) is 12.7 Å². The lowest BCUT2D eigenvalue weighted by Gasteiger charge is -2.16. The zero-order chi connectivity index (χ0) is 25.4. The van der Waals surface area contributed by atoms with E-state index in [0.717, 1.165) is 17.7 Å². The summed E-state index contributed by atoms with van der Waals surface area (Å²) in [6.07, 6.45) is -1.36. The Bertz CT molecular complexity index is 1180. The van der Waals surface area contributed by atoms with Crippen LogP contribution in [-0.4, -0.2) is 38.2 Å². The number of benzene rings is 2. The number of aromatic nitrogens is 1. The fourth-order valence-electron chi connectivity index (χ4n) is 3.07. The van der Waals surface area contributed by atoms with E-state index in [-0.39, 0.29) is 35.3 Å². The Kier molecular flexibility index (Phi) is 8.13. The van der Waals surface area contributed by atoms with Gasteiger partial charge in [-0.15, -0.1) is 0 Å². The summed E-state index contributed by atoms with van der Waals surface area (Å²) in [5.74, 6) is 0.175. The molecule has 0 aliphatic heterocycles. The Morgan fingerprint density at radius 1 is 0.971 bits per heavy atom. The van der Waals surface area contributed by atoms with E-state index >= 15 is 0 Å². The predicted molar refractivity (Wildman–Crippen MR) is 124 cm³/mol. The standard InChI is InChI=1S/C24H23F3N4O4/c1-33-19-11-16(12-20(34-2)21(19)35-3)22(32)31-23(29-14-15-7-9-28-10-8-15)30-18-6-4-5-17(13-18)24(25,26)27/h4-13H,14H2,1-3H3,(H2,29,30,31,32). The van der Waals surface area contributed by atoms with Crippen LogP contribution in [0.3, 0.4) is 0 Å². The van der Waals surface area contributed by atoms with Crippen molar-refractivity contribution in [2.45, 2.75) is 12.7 Å². The summed E-state index contributed by atoms with van der Waals surface area (Å²) in [5, 5.41) is 5.36. The SMILES string of the molecule is COc1cc(C(=O)NC(=NCc2ccncc2)Nc2cccc(C(F)(F)F)c2)cc(OC)c1OC. The van der Waals surface area contributed by atoms with E-state index in [1.54, 1.807) is 24.5 Å². The van der Waals surface area contributed by atoms with E-state index in [1.165, 1.54) is 45.6 Å². The molecule has 1 aromatic heterocycles. The van der Waals surface area contributed by atoms with E-state index in [1.807, 2.05) is 0 Å². The van der Waals surface area contributed by atoms with Crippen molar-refractivity contribution >= 4 is 17.6 Å². The molecule has 3 aromatic rings. The Hall–Kier alpha value is -4.28. The van der Waals surface area contributed by atoms with Crippen LogP contribution in [0.4, 0.5) is 18.9 Å². The van der Waals surface area contributed by atoms with E-state index in [2.05, 4.69) is 20.6 Å².